The van der Waals surface area contributed by atoms with Gasteiger partial charge in [0.2, 0.25) is 0 Å². The van der Waals surface area contributed by atoms with Crippen molar-refractivity contribution in [2.75, 3.05) is 0 Å². The summed E-state index contributed by atoms with van der Waals surface area (Å²) in [6, 6.07) is 5.05. The minimum Gasteiger partial charge on any atom is -0.294 e. The van der Waals surface area contributed by atoms with Crippen molar-refractivity contribution in [2.45, 2.75) is 32.0 Å². The van der Waals surface area contributed by atoms with Crippen LogP contribution in [0.25, 0.3) is 10.2 Å². The van der Waals surface area contributed by atoms with E-state index in [4.69, 9.17) is 0 Å². The van der Waals surface area contributed by atoms with Crippen molar-refractivity contribution in [2.24, 2.45) is 0 Å². The zero-order valence-electron chi connectivity index (χ0n) is 12.6. The summed E-state index contributed by atoms with van der Waals surface area (Å²) in [5.74, 6) is 0. The summed E-state index contributed by atoms with van der Waals surface area (Å²) in [7, 11) is 0. The SMILES string of the molecule is O=c1c2c3c(sc2ncn1Cc1cccc(C(F)(F)F)c1)CCC3. The van der Waals surface area contributed by atoms with E-state index in [1.54, 1.807) is 17.4 Å². The third-order valence-electron chi connectivity index (χ3n) is 4.30. The zero-order valence-corrected chi connectivity index (χ0v) is 13.4. The first-order valence-corrected chi connectivity index (χ1v) is 8.41. The topological polar surface area (TPSA) is 34.9 Å². The molecule has 0 saturated heterocycles. The van der Waals surface area contributed by atoms with E-state index < -0.39 is 11.7 Å². The fraction of sp³-hybridized carbons (Fsp3) is 0.294. The molecule has 1 aliphatic rings. The van der Waals surface area contributed by atoms with Crippen molar-refractivity contribution >= 4 is 21.6 Å². The van der Waals surface area contributed by atoms with Crippen LogP contribution in [0.1, 0.15) is 28.0 Å². The number of fused-ring (bicyclic) bond motifs is 3. The van der Waals surface area contributed by atoms with Crippen LogP contribution in [-0.4, -0.2) is 9.55 Å². The Kier molecular flexibility index (Phi) is 3.49. The van der Waals surface area contributed by atoms with Gasteiger partial charge in [0.25, 0.3) is 5.56 Å². The van der Waals surface area contributed by atoms with Crippen LogP contribution in [0.4, 0.5) is 13.2 Å². The number of nitrogens with zero attached hydrogens (tertiary/aromatic N) is 2. The lowest BCUT2D eigenvalue weighted by Crippen LogP contribution is -2.21. The van der Waals surface area contributed by atoms with Gasteiger partial charge in [-0.25, -0.2) is 4.98 Å². The standard InChI is InChI=1S/C17H13F3N2OS/c18-17(19,20)11-4-1-3-10(7-11)8-22-9-21-15-14(16(22)23)12-5-2-6-13(12)24-15/h1,3-4,7,9H,2,5-6,8H2. The number of halogens is 3. The largest absolute Gasteiger partial charge is 0.416 e. The first-order valence-electron chi connectivity index (χ1n) is 7.59. The first kappa shape index (κ1) is 15.4. The molecule has 0 fully saturated rings. The Bertz CT molecular complexity index is 988. The van der Waals surface area contributed by atoms with Crippen LogP contribution in [0.3, 0.4) is 0 Å². The molecule has 0 N–H and O–H groups in total. The maximum Gasteiger partial charge on any atom is 0.416 e. The normalized spacial score (nSPS) is 14.3. The van der Waals surface area contributed by atoms with E-state index in [9.17, 15) is 18.0 Å². The highest BCUT2D eigenvalue weighted by molar-refractivity contribution is 7.18. The van der Waals surface area contributed by atoms with Gasteiger partial charge in [-0.1, -0.05) is 12.1 Å². The summed E-state index contributed by atoms with van der Waals surface area (Å²) >= 11 is 1.55. The van der Waals surface area contributed by atoms with Gasteiger partial charge >= 0.3 is 6.18 Å². The van der Waals surface area contributed by atoms with Crippen molar-refractivity contribution in [1.29, 1.82) is 0 Å². The summed E-state index contributed by atoms with van der Waals surface area (Å²) in [5, 5.41) is 0.641. The molecule has 3 nitrogen and oxygen atoms in total. The molecule has 24 heavy (non-hydrogen) atoms. The summed E-state index contributed by atoms with van der Waals surface area (Å²) in [5.41, 5.74) is 0.626. The average molecular weight is 350 g/mol. The van der Waals surface area contributed by atoms with Crippen LogP contribution in [0.15, 0.2) is 35.4 Å². The summed E-state index contributed by atoms with van der Waals surface area (Å²) in [6.07, 6.45) is -0.0731. The monoisotopic (exact) mass is 350 g/mol. The Morgan fingerprint density at radius 1 is 1.25 bits per heavy atom. The molecule has 0 saturated carbocycles. The lowest BCUT2D eigenvalue weighted by Gasteiger charge is -2.10. The highest BCUT2D eigenvalue weighted by Crippen LogP contribution is 2.34. The highest BCUT2D eigenvalue weighted by Gasteiger charge is 2.30. The van der Waals surface area contributed by atoms with E-state index in [0.29, 0.717) is 10.9 Å². The average Bonchev–Trinajstić information content (AvgIpc) is 3.10. The summed E-state index contributed by atoms with van der Waals surface area (Å²) in [6.45, 7) is 0.0797. The lowest BCUT2D eigenvalue weighted by atomic mass is 10.1. The smallest absolute Gasteiger partial charge is 0.294 e. The molecule has 0 atom stereocenters. The van der Waals surface area contributed by atoms with Crippen LogP contribution >= 0.6 is 11.3 Å². The quantitative estimate of drug-likeness (QED) is 0.700. The van der Waals surface area contributed by atoms with Gasteiger partial charge in [0.1, 0.15) is 4.83 Å². The number of benzene rings is 1. The molecule has 0 bridgehead atoms. The van der Waals surface area contributed by atoms with Gasteiger partial charge in [-0.2, -0.15) is 13.2 Å². The molecule has 2 aromatic heterocycles. The van der Waals surface area contributed by atoms with Gasteiger partial charge in [0.05, 0.1) is 23.8 Å². The van der Waals surface area contributed by atoms with Crippen molar-refractivity contribution in [3.8, 4) is 0 Å². The van der Waals surface area contributed by atoms with Crippen LogP contribution in [0.2, 0.25) is 0 Å². The number of aromatic nitrogens is 2. The van der Waals surface area contributed by atoms with Gasteiger partial charge in [-0.05, 0) is 42.5 Å². The maximum atomic E-state index is 12.8. The number of hydrogen-bond donors (Lipinski definition) is 0. The number of alkyl halides is 3. The lowest BCUT2D eigenvalue weighted by molar-refractivity contribution is -0.137. The van der Waals surface area contributed by atoms with Gasteiger partial charge in [0.15, 0.2) is 0 Å². The molecular weight excluding hydrogens is 337 g/mol. The second-order valence-electron chi connectivity index (χ2n) is 5.91. The highest BCUT2D eigenvalue weighted by atomic mass is 32.1. The van der Waals surface area contributed by atoms with E-state index in [2.05, 4.69) is 4.98 Å². The van der Waals surface area contributed by atoms with Crippen molar-refractivity contribution in [3.63, 3.8) is 0 Å². The molecule has 0 unspecified atom stereocenters. The molecule has 0 amide bonds. The van der Waals surface area contributed by atoms with Crippen LogP contribution in [0, 0.1) is 0 Å². The van der Waals surface area contributed by atoms with Crippen LogP contribution < -0.4 is 5.56 Å². The molecule has 7 heteroatoms. The number of rotatable bonds is 2. The van der Waals surface area contributed by atoms with Gasteiger partial charge < -0.3 is 0 Å². The van der Waals surface area contributed by atoms with E-state index >= 15 is 0 Å². The first-order chi connectivity index (χ1) is 11.4. The minimum atomic E-state index is -4.39. The third-order valence-corrected chi connectivity index (χ3v) is 5.50. The molecule has 124 valence electrons. The fourth-order valence-electron chi connectivity index (χ4n) is 3.17. The number of thiophene rings is 1. The maximum absolute atomic E-state index is 12.8. The van der Waals surface area contributed by atoms with E-state index in [1.165, 1.54) is 21.8 Å². The van der Waals surface area contributed by atoms with E-state index in [0.717, 1.165) is 41.8 Å². The van der Waals surface area contributed by atoms with Crippen molar-refractivity contribution in [1.82, 2.24) is 9.55 Å². The minimum absolute atomic E-state index is 0.0797. The van der Waals surface area contributed by atoms with Crippen molar-refractivity contribution < 1.29 is 13.2 Å². The summed E-state index contributed by atoms with van der Waals surface area (Å²) < 4.78 is 39.9. The Balaban J connectivity index is 1.76. The Hall–Kier alpha value is -2.15. The Morgan fingerprint density at radius 2 is 2.08 bits per heavy atom. The molecule has 1 aliphatic carbocycles. The number of hydrogen-bond acceptors (Lipinski definition) is 3. The second-order valence-corrected chi connectivity index (χ2v) is 7.00. The molecular formula is C17H13F3N2OS. The van der Waals surface area contributed by atoms with E-state index in [1.807, 2.05) is 0 Å². The molecule has 4 rings (SSSR count). The molecule has 1 aromatic carbocycles. The van der Waals surface area contributed by atoms with E-state index in [-0.39, 0.29) is 12.1 Å². The Labute approximate surface area is 139 Å². The van der Waals surface area contributed by atoms with Gasteiger partial charge in [-0.15, -0.1) is 11.3 Å². The van der Waals surface area contributed by atoms with Gasteiger partial charge in [-0.3, -0.25) is 9.36 Å². The summed E-state index contributed by atoms with van der Waals surface area (Å²) in [4.78, 5) is 19.0. The second kappa shape index (κ2) is 5.44. The predicted molar refractivity (Wildman–Crippen MR) is 86.5 cm³/mol. The molecule has 3 aromatic rings. The Morgan fingerprint density at radius 3 is 2.88 bits per heavy atom. The van der Waals surface area contributed by atoms with Gasteiger partial charge in [0, 0.05) is 4.88 Å². The number of aryl methyl sites for hydroxylation is 2. The molecule has 0 radical (unpaired) electrons. The molecule has 0 spiro atoms. The van der Waals surface area contributed by atoms with Crippen molar-refractivity contribution in [3.05, 3.63) is 62.5 Å². The molecule has 0 aliphatic heterocycles. The van der Waals surface area contributed by atoms with Crippen LogP contribution in [-0.2, 0) is 25.6 Å². The predicted octanol–water partition coefficient (Wildman–Crippen LogP) is 4.01. The zero-order chi connectivity index (χ0) is 16.9. The molecule has 2 heterocycles. The fourth-order valence-corrected chi connectivity index (χ4v) is 4.39. The van der Waals surface area contributed by atoms with Crippen LogP contribution in [0.5, 0.6) is 0 Å². The third kappa shape index (κ3) is 2.53.